The first-order valence-corrected chi connectivity index (χ1v) is 2.89. The third kappa shape index (κ3) is 1.77. The van der Waals surface area contributed by atoms with E-state index in [1.165, 1.54) is 0 Å². The zero-order valence-electron chi connectivity index (χ0n) is 6.07. The fourth-order valence-electron chi connectivity index (χ4n) is 0.951. The molecule has 6 heteroatoms. The summed E-state index contributed by atoms with van der Waals surface area (Å²) in [5.74, 6) is 0. The Labute approximate surface area is 56.8 Å². The van der Waals surface area contributed by atoms with Crippen molar-refractivity contribution in [3.8, 4) is 0 Å². The molecule has 1 rings (SSSR count). The van der Waals surface area contributed by atoms with Gasteiger partial charge in [-0.3, -0.25) is 0 Å². The van der Waals surface area contributed by atoms with Crippen LogP contribution in [0, 0.1) is 0 Å². The Morgan fingerprint density at radius 2 is 0.889 bits per heavy atom. The van der Waals surface area contributed by atoms with Gasteiger partial charge in [-0.2, -0.15) is 0 Å². The second kappa shape index (κ2) is 2.46. The van der Waals surface area contributed by atoms with Crippen LogP contribution in [0.1, 0.15) is 0 Å². The first-order chi connectivity index (χ1) is 4.18. The van der Waals surface area contributed by atoms with Crippen LogP contribution in [0.3, 0.4) is 0 Å². The fraction of sp³-hybridized carbons (Fsp3) is 1.00. The van der Waals surface area contributed by atoms with Gasteiger partial charge in [0.25, 0.3) is 0 Å². The van der Waals surface area contributed by atoms with Crippen molar-refractivity contribution in [3.05, 3.63) is 0 Å². The monoisotopic (exact) mass is 120 g/mol. The van der Waals surface area contributed by atoms with Crippen molar-refractivity contribution in [1.29, 1.82) is 0 Å². The average molecular weight is 120 g/mol. The predicted molar refractivity (Wildman–Crippen MR) is 34.0 cm³/mol. The summed E-state index contributed by atoms with van der Waals surface area (Å²) in [6.07, 6.45) is 0. The molecule has 0 saturated heterocycles. The number of rotatable bonds is 0. The van der Waals surface area contributed by atoms with Gasteiger partial charge in [0, 0.05) is 0 Å². The van der Waals surface area contributed by atoms with Gasteiger partial charge in [-0.15, -0.1) is 0 Å². The molecule has 0 bridgehead atoms. The Morgan fingerprint density at radius 1 is 0.667 bits per heavy atom. The van der Waals surface area contributed by atoms with E-state index >= 15 is 0 Å². The summed E-state index contributed by atoms with van der Waals surface area (Å²) in [4.78, 5) is 0. The molecule has 0 fully saturated rings. The summed E-state index contributed by atoms with van der Waals surface area (Å²) in [5, 5.41) is 0. The van der Waals surface area contributed by atoms with E-state index in [9.17, 15) is 0 Å². The van der Waals surface area contributed by atoms with Crippen LogP contribution in [-0.2, 0) is 21.1 Å². The summed E-state index contributed by atoms with van der Waals surface area (Å²) in [7, 11) is 12.0. The molecule has 0 aromatic carbocycles. The van der Waals surface area contributed by atoms with Gasteiger partial charge < -0.3 is 0 Å². The van der Waals surface area contributed by atoms with E-state index in [2.05, 4.69) is 0 Å². The van der Waals surface area contributed by atoms with Gasteiger partial charge >= 0.3 is 55.9 Å². The molecule has 0 atom stereocenters. The average Bonchev–Trinajstić information content (AvgIpc) is 1.59. The van der Waals surface area contributed by atoms with Crippen molar-refractivity contribution in [2.24, 2.45) is 21.1 Å². The van der Waals surface area contributed by atoms with E-state index in [0.29, 0.717) is 0 Å². The van der Waals surface area contributed by atoms with Gasteiger partial charge in [0.15, 0.2) is 0 Å². The van der Waals surface area contributed by atoms with Gasteiger partial charge in [-0.05, 0) is 0 Å². The number of aryl methyl sites for hydroxylation is 3. The topological polar surface area (TPSA) is 11.6 Å². The van der Waals surface area contributed by atoms with Gasteiger partial charge in [-0.25, -0.2) is 0 Å². The SMILES string of the molecule is C[n+]1b[n+](C)b[n+](C)b1. The predicted octanol–water partition coefficient (Wildman–Crippen LogP) is -3.83. The second-order valence-electron chi connectivity index (χ2n) is 2.34. The van der Waals surface area contributed by atoms with Gasteiger partial charge in [-0.1, -0.05) is 0 Å². The molecule has 0 saturated carbocycles. The Bertz CT molecular complexity index is 175. The van der Waals surface area contributed by atoms with Crippen LogP contribution in [0.4, 0.5) is 0 Å². The van der Waals surface area contributed by atoms with E-state index in [0.717, 1.165) is 0 Å². The zero-order chi connectivity index (χ0) is 6.85. The molecule has 0 aliphatic rings. The molecule has 9 heavy (non-hydrogen) atoms. The van der Waals surface area contributed by atoms with Crippen LogP contribution >= 0.6 is 0 Å². The van der Waals surface area contributed by atoms with Crippen molar-refractivity contribution in [1.82, 2.24) is 0 Å². The molecule has 0 N–H and O–H groups in total. The van der Waals surface area contributed by atoms with E-state index in [1.54, 1.807) is 0 Å². The van der Waals surface area contributed by atoms with Crippen molar-refractivity contribution >= 4 is 21.6 Å². The molecule has 1 aromatic rings. The van der Waals surface area contributed by atoms with E-state index in [-0.39, 0.29) is 0 Å². The number of nitrogens with zero attached hydrogens (tertiary/aromatic N) is 3. The zero-order valence-corrected chi connectivity index (χ0v) is 6.07. The molecule has 1 heterocycles. The molecule has 3 nitrogen and oxygen atoms in total. The Morgan fingerprint density at radius 3 is 1.11 bits per heavy atom. The Kier molecular flexibility index (Phi) is 1.83. The molecule has 0 amide bonds. The van der Waals surface area contributed by atoms with Gasteiger partial charge in [0.2, 0.25) is 0 Å². The maximum atomic E-state index is 2.00. The molecule has 0 spiro atoms. The minimum atomic E-state index is 2.00. The van der Waals surface area contributed by atoms with Gasteiger partial charge in [0.05, 0.1) is 0 Å². The summed E-state index contributed by atoms with van der Waals surface area (Å²) >= 11 is 0. The van der Waals surface area contributed by atoms with E-state index in [4.69, 9.17) is 0 Å². The van der Waals surface area contributed by atoms with Crippen LogP contribution < -0.4 is 13.1 Å². The first kappa shape index (κ1) is 6.71. The Balaban J connectivity index is 3.17. The fourth-order valence-corrected chi connectivity index (χ4v) is 0.951. The molecule has 0 aliphatic heterocycles. The third-order valence-corrected chi connectivity index (χ3v) is 1.09. The molecule has 0 unspecified atom stereocenters. The van der Waals surface area contributed by atoms with Crippen LogP contribution in [0.25, 0.3) is 0 Å². The standard InChI is InChI=1S/C3H9B3N3/c1-7-4-8(2)6-9(3)5-7/h1-3H3/q+3. The van der Waals surface area contributed by atoms with Crippen molar-refractivity contribution in [2.45, 2.75) is 0 Å². The summed E-state index contributed by atoms with van der Waals surface area (Å²) in [6.45, 7) is 0. The minimum absolute atomic E-state index is 2.00. The number of aromatic nitrogens is 3. The molecule has 0 aliphatic carbocycles. The summed E-state index contributed by atoms with van der Waals surface area (Å²) in [5.41, 5.74) is 0. The van der Waals surface area contributed by atoms with Crippen LogP contribution in [0.15, 0.2) is 0 Å². The molecule has 1 aromatic heterocycles. The molecule has 0 radical (unpaired) electrons. The molecule has 42 valence electrons. The first-order valence-electron chi connectivity index (χ1n) is 2.89. The van der Waals surface area contributed by atoms with E-state index in [1.807, 2.05) is 55.9 Å². The Hall–Kier alpha value is -0.405. The van der Waals surface area contributed by atoms with Crippen LogP contribution in [-0.4, -0.2) is 21.6 Å². The second-order valence-corrected chi connectivity index (χ2v) is 2.34. The van der Waals surface area contributed by atoms with Gasteiger partial charge in [0.1, 0.15) is 0 Å². The normalized spacial score (nSPS) is 8.33. The van der Waals surface area contributed by atoms with Crippen LogP contribution in [0.2, 0.25) is 0 Å². The summed E-state index contributed by atoms with van der Waals surface area (Å²) in [6, 6.07) is 0. The van der Waals surface area contributed by atoms with Crippen molar-refractivity contribution in [3.63, 3.8) is 0 Å². The maximum absolute atomic E-state index is 2.00. The van der Waals surface area contributed by atoms with E-state index < -0.39 is 0 Å². The molecular formula is C3H9B3N3+3. The summed E-state index contributed by atoms with van der Waals surface area (Å²) < 4.78 is 6.00. The van der Waals surface area contributed by atoms with Crippen molar-refractivity contribution < 1.29 is 13.1 Å². The van der Waals surface area contributed by atoms with Crippen LogP contribution in [0.5, 0.6) is 0 Å². The number of hydrogen-bond acceptors (Lipinski definition) is 0. The number of hydrogen-bond donors (Lipinski definition) is 0. The van der Waals surface area contributed by atoms with Crippen molar-refractivity contribution in [2.75, 3.05) is 0 Å². The molecular weight excluding hydrogens is 110 g/mol. The quantitative estimate of drug-likeness (QED) is 0.332. The third-order valence-electron chi connectivity index (χ3n) is 1.09.